The molecular formula is C75H71NO16S. The van der Waals surface area contributed by atoms with Crippen LogP contribution in [0.15, 0.2) is 235 Å². The summed E-state index contributed by atoms with van der Waals surface area (Å²) in [4.78, 5) is 48.0. The van der Waals surface area contributed by atoms with E-state index in [4.69, 9.17) is 61.6 Å². The summed E-state index contributed by atoms with van der Waals surface area (Å²) in [6.07, 6.45) is -16.2. The first-order chi connectivity index (χ1) is 45.7. The quantitative estimate of drug-likeness (QED) is 0.0520. The van der Waals surface area contributed by atoms with Crippen LogP contribution in [-0.2, 0) is 81.4 Å². The Labute approximate surface area is 543 Å². The number of carbonyl (C=O) groups is 3. The van der Waals surface area contributed by atoms with Crippen LogP contribution < -0.4 is 0 Å². The van der Waals surface area contributed by atoms with Crippen molar-refractivity contribution in [2.75, 3.05) is 13.2 Å². The van der Waals surface area contributed by atoms with Gasteiger partial charge in [0.1, 0.15) is 66.4 Å². The molecule has 17 nitrogen and oxygen atoms in total. The number of hydrogen-bond donors (Lipinski definition) is 0. The minimum atomic E-state index is -1.62. The first-order valence-corrected chi connectivity index (χ1v) is 32.4. The van der Waals surface area contributed by atoms with Crippen LogP contribution in [0.4, 0.5) is 0 Å². The van der Waals surface area contributed by atoms with Crippen molar-refractivity contribution in [2.45, 2.75) is 142 Å². The molecule has 6 aliphatic rings. The SMILES string of the molecule is Cc1ccc(S[C@@H]2O[C@@H]3CO[C@H](c4ccccc4)O[C@@H]3[C@H](O[C@@H]3O[C@@H]4CO[C@@H](c5ccccc5)O[C@H]4[C@H](O[C@@H]4O[C@@H](C)[C@@H](OCc5ccccc5)[C@@H](OCc5ccccc5)[C@@H]4OCc4ccccc4)[C@H]3N3C(=O)c4ccccc4C3=O)[C@H]2OC(=O)c2ccccc2)cc1. The molecule has 0 saturated carbocycles. The van der Waals surface area contributed by atoms with E-state index in [2.05, 4.69) is 0 Å². The first kappa shape index (κ1) is 62.7. The maximum Gasteiger partial charge on any atom is 0.338 e. The number of esters is 1. The fraction of sp³-hybridized carbons (Fsp3) is 0.320. The summed E-state index contributed by atoms with van der Waals surface area (Å²) in [5, 5.41) is 0. The molecule has 0 bridgehead atoms. The van der Waals surface area contributed by atoms with Crippen molar-refractivity contribution in [3.8, 4) is 0 Å². The van der Waals surface area contributed by atoms with Crippen LogP contribution >= 0.6 is 11.8 Å². The monoisotopic (exact) mass is 1270 g/mol. The van der Waals surface area contributed by atoms with E-state index in [0.717, 1.165) is 32.0 Å². The second kappa shape index (κ2) is 28.8. The first-order valence-electron chi connectivity index (χ1n) is 31.5. The number of imide groups is 1. The fourth-order valence-corrected chi connectivity index (χ4v) is 14.0. The molecule has 18 heteroatoms. The van der Waals surface area contributed by atoms with Gasteiger partial charge < -0.3 is 61.6 Å². The molecule has 6 heterocycles. The number of fused-ring (bicyclic) bond motifs is 3. The lowest BCUT2D eigenvalue weighted by Crippen LogP contribution is -2.72. The van der Waals surface area contributed by atoms with E-state index < -0.39 is 122 Å². The zero-order valence-corrected chi connectivity index (χ0v) is 52.0. The van der Waals surface area contributed by atoms with Gasteiger partial charge in [0, 0.05) is 16.0 Å². The Balaban J connectivity index is 0.908. The lowest BCUT2D eigenvalue weighted by atomic mass is 9.92. The maximum atomic E-state index is 15.6. The van der Waals surface area contributed by atoms with E-state index in [9.17, 15) is 4.79 Å². The highest BCUT2D eigenvalue weighted by Crippen LogP contribution is 2.46. The van der Waals surface area contributed by atoms with Crippen molar-refractivity contribution in [1.82, 2.24) is 4.90 Å². The zero-order chi connectivity index (χ0) is 63.2. The molecule has 8 aromatic rings. The molecule has 0 radical (unpaired) electrons. The van der Waals surface area contributed by atoms with Crippen molar-refractivity contribution in [2.24, 2.45) is 0 Å². The molecule has 6 aliphatic heterocycles. The molecule has 0 aliphatic carbocycles. The normalized spacial score (nSPS) is 30.0. The number of rotatable bonds is 20. The Morgan fingerprint density at radius 1 is 0.462 bits per heavy atom. The molecule has 5 fully saturated rings. The molecule has 5 saturated heterocycles. The number of thioether (sulfide) groups is 1. The van der Waals surface area contributed by atoms with Gasteiger partial charge in [-0.25, -0.2) is 4.79 Å². The van der Waals surface area contributed by atoms with Gasteiger partial charge >= 0.3 is 5.97 Å². The van der Waals surface area contributed by atoms with E-state index in [-0.39, 0.29) is 49.7 Å². The van der Waals surface area contributed by atoms with Gasteiger partial charge in [-0.1, -0.05) is 211 Å². The predicted octanol–water partition coefficient (Wildman–Crippen LogP) is 11.9. The largest absolute Gasteiger partial charge is 0.452 e. The second-order valence-electron chi connectivity index (χ2n) is 23.8. The Morgan fingerprint density at radius 2 is 0.914 bits per heavy atom. The average Bonchev–Trinajstić information content (AvgIpc) is 1.75. The van der Waals surface area contributed by atoms with E-state index in [1.165, 1.54) is 11.8 Å². The van der Waals surface area contributed by atoms with Crippen LogP contribution in [-0.4, -0.2) is 127 Å². The third kappa shape index (κ3) is 13.9. The van der Waals surface area contributed by atoms with Crippen molar-refractivity contribution >= 4 is 29.5 Å². The highest BCUT2D eigenvalue weighted by molar-refractivity contribution is 7.99. The summed E-state index contributed by atoms with van der Waals surface area (Å²) in [5.74, 6) is -1.94. The molecular weight excluding hydrogens is 1200 g/mol. The van der Waals surface area contributed by atoms with Crippen LogP contribution in [0.1, 0.15) is 84.0 Å². The molecule has 93 heavy (non-hydrogen) atoms. The number of nitrogens with zero attached hydrogens (tertiary/aromatic N) is 1. The van der Waals surface area contributed by atoms with Crippen molar-refractivity contribution in [3.05, 3.63) is 281 Å². The van der Waals surface area contributed by atoms with E-state index in [1.807, 2.05) is 196 Å². The van der Waals surface area contributed by atoms with Crippen molar-refractivity contribution < 1.29 is 76.0 Å². The number of ether oxygens (including phenoxy) is 13. The maximum absolute atomic E-state index is 15.6. The molecule has 17 atom stereocenters. The van der Waals surface area contributed by atoms with Crippen molar-refractivity contribution in [3.63, 3.8) is 0 Å². The van der Waals surface area contributed by atoms with E-state index in [0.29, 0.717) is 11.1 Å². The van der Waals surface area contributed by atoms with Crippen molar-refractivity contribution in [1.29, 1.82) is 0 Å². The summed E-state index contributed by atoms with van der Waals surface area (Å²) in [5.41, 5.74) is 4.79. The van der Waals surface area contributed by atoms with E-state index in [1.54, 1.807) is 48.5 Å². The van der Waals surface area contributed by atoms with Gasteiger partial charge in [-0.15, -0.1) is 0 Å². The van der Waals surface area contributed by atoms with Gasteiger partial charge in [0.2, 0.25) is 0 Å². The minimum Gasteiger partial charge on any atom is -0.452 e. The average molecular weight is 1270 g/mol. The van der Waals surface area contributed by atoms with Gasteiger partial charge in [0.15, 0.2) is 31.3 Å². The van der Waals surface area contributed by atoms with Gasteiger partial charge in [0.05, 0.1) is 55.8 Å². The van der Waals surface area contributed by atoms with Crippen LogP contribution in [0.5, 0.6) is 0 Å². The Morgan fingerprint density at radius 3 is 1.45 bits per heavy atom. The summed E-state index contributed by atoms with van der Waals surface area (Å²) in [7, 11) is 0. The number of carbonyl (C=O) groups excluding carboxylic acids is 3. The topological polar surface area (TPSA) is 174 Å². The summed E-state index contributed by atoms with van der Waals surface area (Å²) in [6.45, 7) is 4.34. The predicted molar refractivity (Wildman–Crippen MR) is 340 cm³/mol. The number of hydrogen-bond acceptors (Lipinski definition) is 17. The summed E-state index contributed by atoms with van der Waals surface area (Å²) >= 11 is 1.34. The minimum absolute atomic E-state index is 0.0336. The smallest absolute Gasteiger partial charge is 0.338 e. The van der Waals surface area contributed by atoms with Crippen LogP contribution in [0.2, 0.25) is 0 Å². The zero-order valence-electron chi connectivity index (χ0n) is 51.2. The molecule has 0 spiro atoms. The molecule has 0 aromatic heterocycles. The molecule has 0 unspecified atom stereocenters. The second-order valence-corrected chi connectivity index (χ2v) is 25.0. The Kier molecular flexibility index (Phi) is 19.4. The number of benzene rings is 8. The van der Waals surface area contributed by atoms with Gasteiger partial charge in [0.25, 0.3) is 11.8 Å². The third-order valence-corrected chi connectivity index (χ3v) is 18.7. The van der Waals surface area contributed by atoms with Gasteiger partial charge in [-0.3, -0.25) is 14.5 Å². The van der Waals surface area contributed by atoms with Gasteiger partial charge in [-0.2, -0.15) is 0 Å². The molecule has 2 amide bonds. The number of aryl methyl sites for hydroxylation is 1. The van der Waals surface area contributed by atoms with Crippen LogP contribution in [0.3, 0.4) is 0 Å². The Hall–Kier alpha value is -7.76. The fourth-order valence-electron chi connectivity index (χ4n) is 12.9. The molecule has 478 valence electrons. The van der Waals surface area contributed by atoms with E-state index >= 15 is 9.59 Å². The standard InChI is InChI=1S/C75H71NO16S/c1-46-37-39-54(40-38-46)93-75-67(88-70(79)51-29-15-6-16-30-51)65(62-58(87-75)45-84-72(90-62)53-33-19-8-20-34-53)92-73-59(76-68(77)55-35-21-22-36-56(55)69(76)78)63(61-57(86-73)44-83-71(89-61)52-31-17-7-18-32-52)91-74-66(82-43-50-27-13-5-14-28-50)64(81-42-49-25-11-4-12-26-49)60(47(2)85-74)80-41-48-23-9-3-10-24-48/h3-40,47,57-67,71-75H,41-45H2,1-2H3/t47-,57+,58+,59+,60+,61+,62-,63+,64+,65-,66-,67+,71+,72-,73-,74-,75-/m0/s1. The highest BCUT2D eigenvalue weighted by Gasteiger charge is 2.62. The summed E-state index contributed by atoms with van der Waals surface area (Å²) < 4.78 is 91.8. The highest BCUT2D eigenvalue weighted by atomic mass is 32.2. The summed E-state index contributed by atoms with van der Waals surface area (Å²) in [6, 6.07) is 70.0. The number of amides is 2. The lowest BCUT2D eigenvalue weighted by molar-refractivity contribution is -0.399. The lowest BCUT2D eigenvalue weighted by Gasteiger charge is -2.54. The molecule has 8 aromatic carbocycles. The third-order valence-electron chi connectivity index (χ3n) is 17.5. The Bertz CT molecular complexity index is 3740. The van der Waals surface area contributed by atoms with Crippen LogP contribution in [0.25, 0.3) is 0 Å². The molecule has 14 rings (SSSR count). The van der Waals surface area contributed by atoms with Crippen LogP contribution in [0, 0.1) is 6.92 Å². The van der Waals surface area contributed by atoms with Gasteiger partial charge in [-0.05, 0) is 66.9 Å². The molecule has 0 N–H and O–H groups in total.